The predicted molar refractivity (Wildman–Crippen MR) is 142 cm³/mol. The summed E-state index contributed by atoms with van der Waals surface area (Å²) in [7, 11) is 4.14. The SMILES string of the molecule is C=C(C(N)=O)C1CN(c2c3ccc(-c4cc(O)cc5ccccc45)cc3nn2CCCN(C)C)C1. The molecule has 5 rings (SSSR count). The summed E-state index contributed by atoms with van der Waals surface area (Å²) in [4.78, 5) is 16.0. The molecule has 3 N–H and O–H groups in total. The molecule has 0 spiro atoms. The molecule has 1 fully saturated rings. The van der Waals surface area contributed by atoms with Gasteiger partial charge >= 0.3 is 0 Å². The first-order valence-electron chi connectivity index (χ1n) is 11.9. The van der Waals surface area contributed by atoms with Gasteiger partial charge in [0, 0.05) is 36.5 Å². The largest absolute Gasteiger partial charge is 0.508 e. The first-order valence-corrected chi connectivity index (χ1v) is 11.9. The van der Waals surface area contributed by atoms with Gasteiger partial charge in [0.1, 0.15) is 11.6 Å². The monoisotopic (exact) mass is 469 g/mol. The van der Waals surface area contributed by atoms with E-state index < -0.39 is 5.91 Å². The lowest BCUT2D eigenvalue weighted by atomic mass is 9.91. The van der Waals surface area contributed by atoms with Crippen molar-refractivity contribution in [1.82, 2.24) is 14.7 Å². The van der Waals surface area contributed by atoms with Gasteiger partial charge < -0.3 is 20.6 Å². The maximum absolute atomic E-state index is 11.6. The maximum Gasteiger partial charge on any atom is 0.244 e. The van der Waals surface area contributed by atoms with Gasteiger partial charge in [-0.2, -0.15) is 5.10 Å². The minimum atomic E-state index is -0.429. The molecule has 1 aliphatic rings. The maximum atomic E-state index is 11.6. The van der Waals surface area contributed by atoms with E-state index in [1.54, 1.807) is 6.07 Å². The molecule has 0 aliphatic carbocycles. The number of aromatic nitrogens is 2. The Labute approximate surface area is 205 Å². The van der Waals surface area contributed by atoms with Crippen molar-refractivity contribution in [2.45, 2.75) is 13.0 Å². The van der Waals surface area contributed by atoms with Crippen LogP contribution in [0.15, 0.2) is 66.7 Å². The van der Waals surface area contributed by atoms with E-state index in [2.05, 4.69) is 59.4 Å². The van der Waals surface area contributed by atoms with Crippen LogP contribution in [0, 0.1) is 5.92 Å². The molecule has 180 valence electrons. The number of phenols is 1. The number of rotatable bonds is 8. The van der Waals surface area contributed by atoms with Crippen molar-refractivity contribution in [2.24, 2.45) is 11.7 Å². The fraction of sp³-hybridized carbons (Fsp3) is 0.286. The lowest BCUT2D eigenvalue weighted by Crippen LogP contribution is -2.50. The standard InChI is InChI=1S/C28H31N5O2/c1-18(27(29)35)21-16-32(17-21)28-24-10-9-20(14-26(24)30-33(28)12-6-11-31(2)3)25-15-22(34)13-19-7-4-5-8-23(19)25/h4-5,7-10,13-15,21,34H,1,6,11-12,16-17H2,2-3H3,(H2,29,35). The van der Waals surface area contributed by atoms with Crippen LogP contribution in [-0.2, 0) is 11.3 Å². The summed E-state index contributed by atoms with van der Waals surface area (Å²) < 4.78 is 2.09. The molecule has 1 amide bonds. The minimum absolute atomic E-state index is 0.0746. The number of carbonyl (C=O) groups is 1. The van der Waals surface area contributed by atoms with Crippen LogP contribution < -0.4 is 10.6 Å². The van der Waals surface area contributed by atoms with Crippen molar-refractivity contribution in [2.75, 3.05) is 38.6 Å². The Morgan fingerprint density at radius 2 is 1.91 bits per heavy atom. The van der Waals surface area contributed by atoms with Gasteiger partial charge in [0.2, 0.25) is 5.91 Å². The smallest absolute Gasteiger partial charge is 0.244 e. The van der Waals surface area contributed by atoms with Crippen LogP contribution in [0.2, 0.25) is 0 Å². The quantitative estimate of drug-likeness (QED) is 0.381. The number of phenolic OH excluding ortho intramolecular Hbond substituents is 1. The average Bonchev–Trinajstić information content (AvgIpc) is 3.14. The third kappa shape index (κ3) is 4.35. The minimum Gasteiger partial charge on any atom is -0.508 e. The summed E-state index contributed by atoms with van der Waals surface area (Å²) in [6.07, 6.45) is 0.975. The normalized spacial score (nSPS) is 14.1. The third-order valence-electron chi connectivity index (χ3n) is 6.83. The molecular formula is C28H31N5O2. The number of primary amides is 1. The van der Waals surface area contributed by atoms with Crippen molar-refractivity contribution in [1.29, 1.82) is 0 Å². The molecule has 7 heteroatoms. The highest BCUT2D eigenvalue weighted by atomic mass is 16.3. The highest BCUT2D eigenvalue weighted by Crippen LogP contribution is 2.38. The Bertz CT molecular complexity index is 1430. The second kappa shape index (κ2) is 9.07. The molecule has 0 radical (unpaired) electrons. The number of nitrogens with two attached hydrogens (primary N) is 1. The molecule has 7 nitrogen and oxygen atoms in total. The summed E-state index contributed by atoms with van der Waals surface area (Å²) in [6, 6.07) is 18.0. The van der Waals surface area contributed by atoms with Crippen LogP contribution in [0.25, 0.3) is 32.8 Å². The number of anilines is 1. The average molecular weight is 470 g/mol. The number of hydrogen-bond acceptors (Lipinski definition) is 5. The van der Waals surface area contributed by atoms with Crippen LogP contribution in [0.1, 0.15) is 6.42 Å². The van der Waals surface area contributed by atoms with Gasteiger partial charge in [-0.05, 0) is 73.2 Å². The summed E-state index contributed by atoms with van der Waals surface area (Å²) >= 11 is 0. The van der Waals surface area contributed by atoms with E-state index in [9.17, 15) is 9.90 Å². The van der Waals surface area contributed by atoms with Gasteiger partial charge in [-0.15, -0.1) is 0 Å². The first kappa shape index (κ1) is 22.9. The summed E-state index contributed by atoms with van der Waals surface area (Å²) in [5.74, 6) is 0.960. The molecule has 0 bridgehead atoms. The molecule has 1 aliphatic heterocycles. The van der Waals surface area contributed by atoms with Crippen LogP contribution in [-0.4, -0.2) is 59.4 Å². The van der Waals surface area contributed by atoms with E-state index >= 15 is 0 Å². The number of aromatic hydroxyl groups is 1. The number of hydrogen-bond donors (Lipinski definition) is 2. The Hall–Kier alpha value is -3.84. The van der Waals surface area contributed by atoms with Crippen LogP contribution in [0.3, 0.4) is 0 Å². The number of amides is 1. The molecule has 0 saturated carbocycles. The number of nitrogens with zero attached hydrogens (tertiary/aromatic N) is 4. The van der Waals surface area contributed by atoms with E-state index in [0.29, 0.717) is 18.7 Å². The molecular weight excluding hydrogens is 438 g/mol. The van der Waals surface area contributed by atoms with Crippen molar-refractivity contribution in [3.63, 3.8) is 0 Å². The van der Waals surface area contributed by atoms with Gasteiger partial charge in [-0.3, -0.25) is 4.79 Å². The topological polar surface area (TPSA) is 87.6 Å². The second-order valence-corrected chi connectivity index (χ2v) is 9.64. The predicted octanol–water partition coefficient (Wildman–Crippen LogP) is 3.99. The molecule has 1 aromatic heterocycles. The van der Waals surface area contributed by atoms with Gasteiger partial charge in [-0.1, -0.05) is 36.9 Å². The van der Waals surface area contributed by atoms with Gasteiger partial charge in [0.25, 0.3) is 0 Å². The van der Waals surface area contributed by atoms with Crippen molar-refractivity contribution in [3.05, 3.63) is 66.7 Å². The third-order valence-corrected chi connectivity index (χ3v) is 6.83. The number of carbonyl (C=O) groups excluding carboxylic acids is 1. The zero-order valence-corrected chi connectivity index (χ0v) is 20.2. The van der Waals surface area contributed by atoms with E-state index in [1.807, 2.05) is 24.3 Å². The highest BCUT2D eigenvalue weighted by molar-refractivity contribution is 6.01. The zero-order valence-electron chi connectivity index (χ0n) is 20.2. The Morgan fingerprint density at radius 3 is 2.66 bits per heavy atom. The molecule has 3 aromatic carbocycles. The van der Waals surface area contributed by atoms with E-state index in [0.717, 1.165) is 58.1 Å². The molecule has 2 heterocycles. The van der Waals surface area contributed by atoms with E-state index in [1.165, 1.54) is 0 Å². The van der Waals surface area contributed by atoms with Crippen LogP contribution in [0.5, 0.6) is 5.75 Å². The molecule has 0 unspecified atom stereocenters. The lowest BCUT2D eigenvalue weighted by molar-refractivity contribution is -0.115. The molecule has 1 saturated heterocycles. The first-order chi connectivity index (χ1) is 16.8. The highest BCUT2D eigenvalue weighted by Gasteiger charge is 2.34. The van der Waals surface area contributed by atoms with Crippen molar-refractivity contribution >= 4 is 33.4 Å². The summed E-state index contributed by atoms with van der Waals surface area (Å²) in [5, 5.41) is 18.5. The Morgan fingerprint density at radius 1 is 1.14 bits per heavy atom. The van der Waals surface area contributed by atoms with E-state index in [-0.39, 0.29) is 11.7 Å². The fourth-order valence-electron chi connectivity index (χ4n) is 4.92. The summed E-state index contributed by atoms with van der Waals surface area (Å²) in [5.41, 5.74) is 8.84. The number of fused-ring (bicyclic) bond motifs is 2. The van der Waals surface area contributed by atoms with Crippen molar-refractivity contribution < 1.29 is 9.90 Å². The zero-order chi connectivity index (χ0) is 24.7. The van der Waals surface area contributed by atoms with Crippen LogP contribution >= 0.6 is 0 Å². The Kier molecular flexibility index (Phi) is 5.94. The lowest BCUT2D eigenvalue weighted by Gasteiger charge is -2.41. The van der Waals surface area contributed by atoms with E-state index in [4.69, 9.17) is 10.8 Å². The molecule has 35 heavy (non-hydrogen) atoms. The summed E-state index contributed by atoms with van der Waals surface area (Å²) in [6.45, 7) is 7.05. The van der Waals surface area contributed by atoms with Crippen molar-refractivity contribution in [3.8, 4) is 16.9 Å². The number of benzene rings is 3. The fourth-order valence-corrected chi connectivity index (χ4v) is 4.92. The van der Waals surface area contributed by atoms with Gasteiger partial charge in [-0.25, -0.2) is 4.68 Å². The molecule has 0 atom stereocenters. The van der Waals surface area contributed by atoms with Crippen LogP contribution in [0.4, 0.5) is 5.82 Å². The van der Waals surface area contributed by atoms with Gasteiger partial charge in [0.05, 0.1) is 5.52 Å². The molecule has 4 aromatic rings. The van der Waals surface area contributed by atoms with Gasteiger partial charge in [0.15, 0.2) is 0 Å². The Balaban J connectivity index is 1.54. The second-order valence-electron chi connectivity index (χ2n) is 9.64. The number of aryl methyl sites for hydroxylation is 1.